The molecular weight excluding hydrogens is 290 g/mol. The lowest BCUT2D eigenvalue weighted by Crippen LogP contribution is -2.36. The van der Waals surface area contributed by atoms with Gasteiger partial charge in [0.05, 0.1) is 7.11 Å². The van der Waals surface area contributed by atoms with Gasteiger partial charge in [0.15, 0.2) is 0 Å². The summed E-state index contributed by atoms with van der Waals surface area (Å²) in [4.78, 5) is 0. The maximum Gasteiger partial charge on any atom is 0.122 e. The molecule has 0 saturated heterocycles. The van der Waals surface area contributed by atoms with Crippen LogP contribution < -0.4 is 10.1 Å². The zero-order chi connectivity index (χ0) is 13.5. The van der Waals surface area contributed by atoms with Crippen LogP contribution in [0.5, 0.6) is 5.75 Å². The Bertz CT molecular complexity index is 366. The van der Waals surface area contributed by atoms with Crippen molar-refractivity contribution in [3.63, 3.8) is 0 Å². The predicted molar refractivity (Wildman–Crippen MR) is 81.3 cm³/mol. The summed E-state index contributed by atoms with van der Waals surface area (Å²) in [5, 5.41) is 3.62. The van der Waals surface area contributed by atoms with Crippen molar-refractivity contribution >= 4 is 15.9 Å². The first-order valence-corrected chi connectivity index (χ1v) is 7.43. The molecule has 0 radical (unpaired) electrons. The molecule has 1 unspecified atom stereocenters. The van der Waals surface area contributed by atoms with E-state index in [0.717, 1.165) is 23.2 Å². The fraction of sp³-hybridized carbons (Fsp3) is 0.600. The van der Waals surface area contributed by atoms with Gasteiger partial charge < -0.3 is 10.1 Å². The van der Waals surface area contributed by atoms with E-state index in [1.54, 1.807) is 7.11 Å². The van der Waals surface area contributed by atoms with E-state index in [-0.39, 0.29) is 0 Å². The number of methoxy groups -OCH3 is 1. The van der Waals surface area contributed by atoms with Gasteiger partial charge in [-0.05, 0) is 49.1 Å². The Morgan fingerprint density at radius 1 is 1.33 bits per heavy atom. The number of benzene rings is 1. The van der Waals surface area contributed by atoms with Gasteiger partial charge in [-0.3, -0.25) is 0 Å². The zero-order valence-corrected chi connectivity index (χ0v) is 13.4. The van der Waals surface area contributed by atoms with E-state index in [1.165, 1.54) is 12.0 Å². The molecule has 1 aromatic rings. The molecule has 0 aliphatic carbocycles. The van der Waals surface area contributed by atoms with Gasteiger partial charge >= 0.3 is 0 Å². The molecule has 0 amide bonds. The van der Waals surface area contributed by atoms with Crippen molar-refractivity contribution < 1.29 is 4.74 Å². The van der Waals surface area contributed by atoms with Crippen LogP contribution in [0.3, 0.4) is 0 Å². The molecule has 0 saturated carbocycles. The van der Waals surface area contributed by atoms with Crippen LogP contribution in [-0.4, -0.2) is 19.7 Å². The Labute approximate surface area is 119 Å². The molecular formula is C15H24BrNO. The second-order valence-electron chi connectivity index (χ2n) is 4.96. The minimum atomic E-state index is 0.494. The maximum atomic E-state index is 5.44. The molecule has 102 valence electrons. The van der Waals surface area contributed by atoms with Gasteiger partial charge in [0.1, 0.15) is 5.75 Å². The summed E-state index contributed by atoms with van der Waals surface area (Å²) in [6, 6.07) is 6.69. The monoisotopic (exact) mass is 313 g/mol. The fourth-order valence-electron chi connectivity index (χ4n) is 2.02. The Morgan fingerprint density at radius 3 is 2.61 bits per heavy atom. The average molecular weight is 314 g/mol. The predicted octanol–water partition coefficient (Wildman–Crippen LogP) is 4.02. The summed E-state index contributed by atoms with van der Waals surface area (Å²) in [6.45, 7) is 7.79. The van der Waals surface area contributed by atoms with Crippen LogP contribution in [0.1, 0.15) is 32.8 Å². The lowest BCUT2D eigenvalue weighted by atomic mass is 9.96. The molecule has 0 aliphatic heterocycles. The molecule has 0 bridgehead atoms. The highest BCUT2D eigenvalue weighted by molar-refractivity contribution is 9.10. The maximum absolute atomic E-state index is 5.44. The number of rotatable bonds is 7. The first-order chi connectivity index (χ1) is 8.58. The molecule has 0 fully saturated rings. The minimum Gasteiger partial charge on any atom is -0.496 e. The van der Waals surface area contributed by atoms with E-state index in [1.807, 2.05) is 12.1 Å². The lowest BCUT2D eigenvalue weighted by Gasteiger charge is -2.23. The van der Waals surface area contributed by atoms with E-state index in [9.17, 15) is 0 Å². The average Bonchev–Trinajstić information content (AvgIpc) is 2.34. The van der Waals surface area contributed by atoms with E-state index < -0.39 is 0 Å². The van der Waals surface area contributed by atoms with Gasteiger partial charge in [-0.1, -0.05) is 36.7 Å². The van der Waals surface area contributed by atoms with E-state index >= 15 is 0 Å². The van der Waals surface area contributed by atoms with Crippen LogP contribution in [0.4, 0.5) is 0 Å². The van der Waals surface area contributed by atoms with Crippen molar-refractivity contribution in [3.05, 3.63) is 28.2 Å². The highest BCUT2D eigenvalue weighted by Gasteiger charge is 2.15. The molecule has 1 aromatic carbocycles. The molecule has 0 aliphatic rings. The van der Waals surface area contributed by atoms with Gasteiger partial charge in [-0.15, -0.1) is 0 Å². The fourth-order valence-corrected chi connectivity index (χ4v) is 2.43. The van der Waals surface area contributed by atoms with Crippen LogP contribution in [-0.2, 0) is 6.42 Å². The number of hydrogen-bond acceptors (Lipinski definition) is 2. The largest absolute Gasteiger partial charge is 0.496 e. The van der Waals surface area contributed by atoms with Crippen LogP contribution in [0.2, 0.25) is 0 Å². The van der Waals surface area contributed by atoms with Gasteiger partial charge in [0.25, 0.3) is 0 Å². The molecule has 1 rings (SSSR count). The topological polar surface area (TPSA) is 21.3 Å². The Hall–Kier alpha value is -0.540. The smallest absolute Gasteiger partial charge is 0.122 e. The van der Waals surface area contributed by atoms with Crippen LogP contribution in [0, 0.1) is 5.92 Å². The first-order valence-electron chi connectivity index (χ1n) is 6.64. The van der Waals surface area contributed by atoms with Gasteiger partial charge in [-0.2, -0.15) is 0 Å². The zero-order valence-electron chi connectivity index (χ0n) is 11.8. The van der Waals surface area contributed by atoms with Crippen molar-refractivity contribution in [1.82, 2.24) is 5.32 Å². The summed E-state index contributed by atoms with van der Waals surface area (Å²) >= 11 is 3.53. The van der Waals surface area contributed by atoms with Crippen molar-refractivity contribution in [2.24, 2.45) is 5.92 Å². The van der Waals surface area contributed by atoms with Crippen molar-refractivity contribution in [1.29, 1.82) is 0 Å². The molecule has 0 aromatic heterocycles. The number of ether oxygens (including phenoxy) is 1. The normalized spacial score (nSPS) is 12.8. The second kappa shape index (κ2) is 7.80. The van der Waals surface area contributed by atoms with Crippen molar-refractivity contribution in [2.45, 2.75) is 39.7 Å². The molecule has 1 atom stereocenters. The number of nitrogens with one attached hydrogen (secondary N) is 1. The highest BCUT2D eigenvalue weighted by Crippen LogP contribution is 2.25. The standard InChI is InChI=1S/C15H24BrNO/c1-5-8-17-14(11(2)3)10-12-9-13(16)6-7-15(12)18-4/h6-7,9,11,14,17H,5,8,10H2,1-4H3. The second-order valence-corrected chi connectivity index (χ2v) is 5.88. The third-order valence-corrected chi connectivity index (χ3v) is 3.64. The Balaban J connectivity index is 2.81. The minimum absolute atomic E-state index is 0.494. The summed E-state index contributed by atoms with van der Waals surface area (Å²) in [5.41, 5.74) is 1.26. The van der Waals surface area contributed by atoms with E-state index in [4.69, 9.17) is 4.74 Å². The summed E-state index contributed by atoms with van der Waals surface area (Å²) < 4.78 is 6.54. The Kier molecular flexibility index (Phi) is 6.72. The van der Waals surface area contributed by atoms with Crippen LogP contribution in [0.25, 0.3) is 0 Å². The summed E-state index contributed by atoms with van der Waals surface area (Å²) in [5.74, 6) is 1.59. The molecule has 1 N–H and O–H groups in total. The molecule has 0 heterocycles. The Morgan fingerprint density at radius 2 is 2.06 bits per heavy atom. The highest BCUT2D eigenvalue weighted by atomic mass is 79.9. The summed E-state index contributed by atoms with van der Waals surface area (Å²) in [6.07, 6.45) is 2.17. The van der Waals surface area contributed by atoms with Gasteiger partial charge in [-0.25, -0.2) is 0 Å². The van der Waals surface area contributed by atoms with E-state index in [0.29, 0.717) is 12.0 Å². The lowest BCUT2D eigenvalue weighted by molar-refractivity contribution is 0.379. The number of halogens is 1. The third-order valence-electron chi connectivity index (χ3n) is 3.14. The molecule has 0 spiro atoms. The van der Waals surface area contributed by atoms with Crippen LogP contribution in [0.15, 0.2) is 22.7 Å². The summed E-state index contributed by atoms with van der Waals surface area (Å²) in [7, 11) is 1.73. The van der Waals surface area contributed by atoms with Gasteiger partial charge in [0.2, 0.25) is 0 Å². The molecule has 18 heavy (non-hydrogen) atoms. The molecule has 3 heteroatoms. The van der Waals surface area contributed by atoms with E-state index in [2.05, 4.69) is 48.1 Å². The van der Waals surface area contributed by atoms with Gasteiger partial charge in [0, 0.05) is 10.5 Å². The number of hydrogen-bond donors (Lipinski definition) is 1. The third kappa shape index (κ3) is 4.62. The SMILES string of the molecule is CCCNC(Cc1cc(Br)ccc1OC)C(C)C. The first kappa shape index (κ1) is 15.5. The quantitative estimate of drug-likeness (QED) is 0.820. The van der Waals surface area contributed by atoms with Crippen LogP contribution >= 0.6 is 15.9 Å². The van der Waals surface area contributed by atoms with Crippen molar-refractivity contribution in [3.8, 4) is 5.75 Å². The molecule has 2 nitrogen and oxygen atoms in total. The van der Waals surface area contributed by atoms with Crippen molar-refractivity contribution in [2.75, 3.05) is 13.7 Å².